The first-order chi connectivity index (χ1) is 10.0. The fourth-order valence-electron chi connectivity index (χ4n) is 1.89. The van der Waals surface area contributed by atoms with E-state index in [4.69, 9.17) is 0 Å². The fraction of sp³-hybridized carbons (Fsp3) is 0.133. The molecule has 0 atom stereocenters. The van der Waals surface area contributed by atoms with E-state index in [9.17, 15) is 20.0 Å². The maximum absolute atomic E-state index is 11.8. The summed E-state index contributed by atoms with van der Waals surface area (Å²) in [6.07, 6.45) is 0.614. The largest absolute Gasteiger partial charge is 0.508 e. The Hall–Kier alpha value is -2.89. The van der Waals surface area contributed by atoms with Crippen LogP contribution in [0.1, 0.15) is 12.0 Å². The number of carbonyl (C=O) groups excluding carboxylic acids is 1. The molecule has 0 unspecified atom stereocenters. The van der Waals surface area contributed by atoms with E-state index in [1.54, 1.807) is 24.3 Å². The Labute approximate surface area is 121 Å². The number of carbonyl (C=O) groups is 1. The second kappa shape index (κ2) is 6.51. The lowest BCUT2D eigenvalue weighted by Crippen LogP contribution is -2.12. The lowest BCUT2D eigenvalue weighted by Gasteiger charge is -2.05. The minimum atomic E-state index is -0.462. The molecule has 6 heteroatoms. The van der Waals surface area contributed by atoms with E-state index in [2.05, 4.69) is 5.32 Å². The summed E-state index contributed by atoms with van der Waals surface area (Å²) in [6, 6.07) is 12.5. The molecule has 0 spiro atoms. The number of nitrogens with zero attached hydrogens (tertiary/aromatic N) is 1. The summed E-state index contributed by atoms with van der Waals surface area (Å²) in [4.78, 5) is 22.0. The number of non-ortho nitro benzene ring substituents is 1. The lowest BCUT2D eigenvalue weighted by atomic mass is 10.1. The zero-order valence-electron chi connectivity index (χ0n) is 11.2. The molecule has 0 aliphatic heterocycles. The maximum Gasteiger partial charge on any atom is 0.269 e. The molecule has 0 bridgehead atoms. The standard InChI is InChI=1S/C15H14N2O4/c18-14-6-2-4-12(10-14)16-15(19)8-7-11-3-1-5-13(9-11)17(20)21/h1-6,9-10,18H,7-8H2,(H,16,19). The highest BCUT2D eigenvalue weighted by Crippen LogP contribution is 2.17. The van der Waals surface area contributed by atoms with E-state index >= 15 is 0 Å². The number of phenols is 1. The van der Waals surface area contributed by atoms with E-state index in [1.807, 2.05) is 0 Å². The summed E-state index contributed by atoms with van der Waals surface area (Å²) < 4.78 is 0. The molecule has 2 aromatic rings. The van der Waals surface area contributed by atoms with E-state index in [0.717, 1.165) is 5.56 Å². The van der Waals surface area contributed by atoms with Gasteiger partial charge >= 0.3 is 0 Å². The summed E-state index contributed by atoms with van der Waals surface area (Å²) >= 11 is 0. The molecule has 1 amide bonds. The number of aromatic hydroxyl groups is 1. The van der Waals surface area contributed by atoms with Crippen LogP contribution in [-0.2, 0) is 11.2 Å². The predicted molar refractivity (Wildman–Crippen MR) is 78.2 cm³/mol. The molecule has 2 aromatic carbocycles. The smallest absolute Gasteiger partial charge is 0.269 e. The zero-order valence-corrected chi connectivity index (χ0v) is 11.2. The monoisotopic (exact) mass is 286 g/mol. The molecule has 0 saturated carbocycles. The van der Waals surface area contributed by atoms with Crippen LogP contribution in [0.3, 0.4) is 0 Å². The highest BCUT2D eigenvalue weighted by molar-refractivity contribution is 5.91. The molecule has 108 valence electrons. The average Bonchev–Trinajstić information content (AvgIpc) is 2.45. The van der Waals surface area contributed by atoms with Crippen molar-refractivity contribution in [3.8, 4) is 5.75 Å². The third-order valence-electron chi connectivity index (χ3n) is 2.89. The number of nitro benzene ring substituents is 1. The number of amides is 1. The summed E-state index contributed by atoms with van der Waals surface area (Å²) in [5.74, 6) is -0.140. The van der Waals surface area contributed by atoms with Crippen LogP contribution >= 0.6 is 0 Å². The number of benzene rings is 2. The van der Waals surface area contributed by atoms with E-state index in [0.29, 0.717) is 12.1 Å². The van der Waals surface area contributed by atoms with Gasteiger partial charge in [-0.05, 0) is 24.1 Å². The van der Waals surface area contributed by atoms with Gasteiger partial charge in [0.05, 0.1) is 4.92 Å². The highest BCUT2D eigenvalue weighted by atomic mass is 16.6. The number of hydrogen-bond donors (Lipinski definition) is 2. The minimum absolute atomic E-state index is 0.0147. The Kier molecular flexibility index (Phi) is 4.50. The molecule has 6 nitrogen and oxygen atoms in total. The SMILES string of the molecule is O=C(CCc1cccc([N+](=O)[O-])c1)Nc1cccc(O)c1. The van der Waals surface area contributed by atoms with Crippen molar-refractivity contribution >= 4 is 17.3 Å². The third-order valence-corrected chi connectivity index (χ3v) is 2.89. The van der Waals surface area contributed by atoms with Crippen LogP contribution in [0.2, 0.25) is 0 Å². The second-order valence-corrected chi connectivity index (χ2v) is 4.53. The molecule has 2 N–H and O–H groups in total. The summed E-state index contributed by atoms with van der Waals surface area (Å²) in [7, 11) is 0. The predicted octanol–water partition coefficient (Wildman–Crippen LogP) is 2.87. The molecular weight excluding hydrogens is 272 g/mol. The molecule has 0 aromatic heterocycles. The van der Waals surface area contributed by atoms with Crippen LogP contribution in [0.4, 0.5) is 11.4 Å². The van der Waals surface area contributed by atoms with Crippen LogP contribution in [0.15, 0.2) is 48.5 Å². The van der Waals surface area contributed by atoms with Gasteiger partial charge in [0.25, 0.3) is 5.69 Å². The number of phenolic OH excluding ortho intramolecular Hbond substituents is 1. The first-order valence-corrected chi connectivity index (χ1v) is 6.37. The van der Waals surface area contributed by atoms with Crippen LogP contribution in [0.25, 0.3) is 0 Å². The minimum Gasteiger partial charge on any atom is -0.508 e. The molecule has 0 radical (unpaired) electrons. The fourth-order valence-corrected chi connectivity index (χ4v) is 1.89. The summed E-state index contributed by atoms with van der Waals surface area (Å²) in [5.41, 5.74) is 1.26. The van der Waals surface area contributed by atoms with Gasteiger partial charge in [0.2, 0.25) is 5.91 Å². The van der Waals surface area contributed by atoms with Gasteiger partial charge in [0.15, 0.2) is 0 Å². The molecular formula is C15H14N2O4. The number of hydrogen-bond acceptors (Lipinski definition) is 4. The first-order valence-electron chi connectivity index (χ1n) is 6.37. The molecule has 21 heavy (non-hydrogen) atoms. The first kappa shape index (κ1) is 14.5. The lowest BCUT2D eigenvalue weighted by molar-refractivity contribution is -0.384. The van der Waals surface area contributed by atoms with Crippen LogP contribution < -0.4 is 5.32 Å². The molecule has 0 heterocycles. The third kappa shape index (κ3) is 4.31. The van der Waals surface area contributed by atoms with Crippen molar-refractivity contribution in [2.24, 2.45) is 0 Å². The number of anilines is 1. The van der Waals surface area contributed by atoms with Gasteiger partial charge in [0.1, 0.15) is 5.75 Å². The zero-order chi connectivity index (χ0) is 15.2. The average molecular weight is 286 g/mol. The molecule has 2 rings (SSSR count). The van der Waals surface area contributed by atoms with Crippen molar-refractivity contribution in [1.82, 2.24) is 0 Å². The molecule has 0 aliphatic rings. The van der Waals surface area contributed by atoms with Crippen LogP contribution in [0.5, 0.6) is 5.75 Å². The number of rotatable bonds is 5. The quantitative estimate of drug-likeness (QED) is 0.653. The van der Waals surface area contributed by atoms with Gasteiger partial charge in [-0.15, -0.1) is 0 Å². The Bertz CT molecular complexity index is 670. The van der Waals surface area contributed by atoms with Crippen molar-refractivity contribution in [3.63, 3.8) is 0 Å². The van der Waals surface area contributed by atoms with Crippen molar-refractivity contribution in [1.29, 1.82) is 0 Å². The molecule has 0 fully saturated rings. The van der Waals surface area contributed by atoms with E-state index in [-0.39, 0.29) is 23.8 Å². The van der Waals surface area contributed by atoms with Gasteiger partial charge in [-0.25, -0.2) is 0 Å². The van der Waals surface area contributed by atoms with Crippen molar-refractivity contribution in [2.45, 2.75) is 12.8 Å². The van der Waals surface area contributed by atoms with Gasteiger partial charge in [-0.1, -0.05) is 18.2 Å². The summed E-state index contributed by atoms with van der Waals surface area (Å²) in [6.45, 7) is 0. The topological polar surface area (TPSA) is 92.5 Å². The van der Waals surface area contributed by atoms with Crippen LogP contribution in [0, 0.1) is 10.1 Å². The Balaban J connectivity index is 1.92. The Morgan fingerprint density at radius 3 is 2.67 bits per heavy atom. The van der Waals surface area contributed by atoms with Crippen molar-refractivity contribution < 1.29 is 14.8 Å². The molecule has 0 saturated heterocycles. The van der Waals surface area contributed by atoms with Crippen LogP contribution in [-0.4, -0.2) is 15.9 Å². The van der Waals surface area contributed by atoms with E-state index < -0.39 is 4.92 Å². The number of nitrogens with one attached hydrogen (secondary N) is 1. The van der Waals surface area contributed by atoms with Crippen molar-refractivity contribution in [3.05, 3.63) is 64.2 Å². The summed E-state index contributed by atoms with van der Waals surface area (Å²) in [5, 5.41) is 22.6. The van der Waals surface area contributed by atoms with Gasteiger partial charge in [-0.3, -0.25) is 14.9 Å². The Morgan fingerprint density at radius 1 is 1.19 bits per heavy atom. The maximum atomic E-state index is 11.8. The van der Waals surface area contributed by atoms with E-state index in [1.165, 1.54) is 24.3 Å². The highest BCUT2D eigenvalue weighted by Gasteiger charge is 2.08. The van der Waals surface area contributed by atoms with Gasteiger partial charge in [-0.2, -0.15) is 0 Å². The molecule has 0 aliphatic carbocycles. The normalized spacial score (nSPS) is 10.1. The number of nitro groups is 1. The van der Waals surface area contributed by atoms with Gasteiger partial charge < -0.3 is 10.4 Å². The second-order valence-electron chi connectivity index (χ2n) is 4.53. The van der Waals surface area contributed by atoms with Gasteiger partial charge in [0, 0.05) is 30.3 Å². The Morgan fingerprint density at radius 2 is 1.95 bits per heavy atom. The number of aryl methyl sites for hydroxylation is 1. The van der Waals surface area contributed by atoms with Crippen molar-refractivity contribution in [2.75, 3.05) is 5.32 Å².